The van der Waals surface area contributed by atoms with Crippen molar-refractivity contribution in [2.75, 3.05) is 19.0 Å². The zero-order valence-electron chi connectivity index (χ0n) is 15.9. The fourth-order valence-corrected chi connectivity index (χ4v) is 3.15. The van der Waals surface area contributed by atoms with Crippen molar-refractivity contribution in [3.63, 3.8) is 0 Å². The number of hydrogen-bond acceptors (Lipinski definition) is 6. The number of methoxy groups -OCH3 is 1. The summed E-state index contributed by atoms with van der Waals surface area (Å²) in [6, 6.07) is 14.0. The Balaban J connectivity index is 1.48. The molecular formula is C22H21N5O. The second kappa shape index (κ2) is 8.00. The molecule has 0 unspecified atom stereocenters. The van der Waals surface area contributed by atoms with Crippen LogP contribution in [0.4, 0.5) is 5.82 Å². The Labute approximate surface area is 163 Å². The van der Waals surface area contributed by atoms with Gasteiger partial charge in [-0.1, -0.05) is 12.1 Å². The van der Waals surface area contributed by atoms with Gasteiger partial charge in [-0.25, -0.2) is 9.97 Å². The summed E-state index contributed by atoms with van der Waals surface area (Å²) < 4.78 is 5.44. The maximum atomic E-state index is 5.44. The maximum Gasteiger partial charge on any atom is 0.129 e. The van der Waals surface area contributed by atoms with Gasteiger partial charge in [-0.2, -0.15) is 0 Å². The Morgan fingerprint density at radius 2 is 1.93 bits per heavy atom. The van der Waals surface area contributed by atoms with Crippen LogP contribution in [-0.4, -0.2) is 33.6 Å². The molecule has 0 aliphatic rings. The predicted molar refractivity (Wildman–Crippen MR) is 110 cm³/mol. The van der Waals surface area contributed by atoms with Gasteiger partial charge >= 0.3 is 0 Å². The quantitative estimate of drug-likeness (QED) is 0.551. The number of aryl methyl sites for hydroxylation is 1. The van der Waals surface area contributed by atoms with Crippen molar-refractivity contribution in [2.45, 2.75) is 13.3 Å². The van der Waals surface area contributed by atoms with Crippen molar-refractivity contribution in [1.29, 1.82) is 0 Å². The SMILES string of the molecule is COc1ccnc2c(CCNc3cc(-c4ccc(C)nc4)ncn3)cccc12. The van der Waals surface area contributed by atoms with Crippen LogP contribution in [0.3, 0.4) is 0 Å². The van der Waals surface area contributed by atoms with E-state index in [1.54, 1.807) is 19.6 Å². The molecular weight excluding hydrogens is 350 g/mol. The number of nitrogens with zero attached hydrogens (tertiary/aromatic N) is 4. The van der Waals surface area contributed by atoms with Crippen LogP contribution in [0.1, 0.15) is 11.3 Å². The van der Waals surface area contributed by atoms with Crippen LogP contribution in [0.5, 0.6) is 5.75 Å². The molecule has 4 rings (SSSR count). The molecule has 0 fully saturated rings. The molecule has 0 atom stereocenters. The Hall–Kier alpha value is -3.54. The van der Waals surface area contributed by atoms with Gasteiger partial charge < -0.3 is 10.1 Å². The largest absolute Gasteiger partial charge is 0.496 e. The number of hydrogen-bond donors (Lipinski definition) is 1. The van der Waals surface area contributed by atoms with E-state index in [4.69, 9.17) is 4.74 Å². The van der Waals surface area contributed by atoms with Crippen molar-refractivity contribution in [3.8, 4) is 17.0 Å². The smallest absolute Gasteiger partial charge is 0.129 e. The van der Waals surface area contributed by atoms with E-state index in [1.807, 2.05) is 49.5 Å². The molecule has 1 N–H and O–H groups in total. The van der Waals surface area contributed by atoms with Gasteiger partial charge in [0.25, 0.3) is 0 Å². The second-order valence-corrected chi connectivity index (χ2v) is 6.48. The van der Waals surface area contributed by atoms with Crippen molar-refractivity contribution in [3.05, 3.63) is 72.4 Å². The van der Waals surface area contributed by atoms with Crippen molar-refractivity contribution in [2.24, 2.45) is 0 Å². The summed E-state index contributed by atoms with van der Waals surface area (Å²) in [6.45, 7) is 2.70. The van der Waals surface area contributed by atoms with E-state index in [1.165, 1.54) is 5.56 Å². The first-order valence-corrected chi connectivity index (χ1v) is 9.14. The van der Waals surface area contributed by atoms with Crippen LogP contribution in [0.15, 0.2) is 61.2 Å². The minimum absolute atomic E-state index is 0.737. The summed E-state index contributed by atoms with van der Waals surface area (Å²) in [6.07, 6.45) is 6.01. The number of pyridine rings is 2. The summed E-state index contributed by atoms with van der Waals surface area (Å²) in [4.78, 5) is 17.5. The first-order chi connectivity index (χ1) is 13.7. The van der Waals surface area contributed by atoms with Gasteiger partial charge in [-0.15, -0.1) is 0 Å². The van der Waals surface area contributed by atoms with E-state index in [2.05, 4.69) is 31.3 Å². The molecule has 0 aliphatic carbocycles. The summed E-state index contributed by atoms with van der Waals surface area (Å²) in [5.41, 5.74) is 4.94. The highest BCUT2D eigenvalue weighted by Crippen LogP contribution is 2.26. The number of benzene rings is 1. The van der Waals surface area contributed by atoms with Crippen molar-refractivity contribution < 1.29 is 4.74 Å². The Morgan fingerprint density at radius 1 is 1.00 bits per heavy atom. The molecule has 0 aliphatic heterocycles. The normalized spacial score (nSPS) is 10.8. The van der Waals surface area contributed by atoms with Gasteiger partial charge in [0.05, 0.1) is 18.3 Å². The zero-order valence-corrected chi connectivity index (χ0v) is 15.9. The van der Waals surface area contributed by atoms with Crippen LogP contribution in [0.2, 0.25) is 0 Å². The lowest BCUT2D eigenvalue weighted by molar-refractivity contribution is 0.419. The van der Waals surface area contributed by atoms with Gasteiger partial charge in [-0.3, -0.25) is 9.97 Å². The molecule has 3 aromatic heterocycles. The molecule has 3 heterocycles. The average Bonchev–Trinajstić information content (AvgIpc) is 2.74. The Bertz CT molecular complexity index is 1100. The Morgan fingerprint density at radius 3 is 2.75 bits per heavy atom. The van der Waals surface area contributed by atoms with Crippen molar-refractivity contribution in [1.82, 2.24) is 19.9 Å². The number of anilines is 1. The standard InChI is InChI=1S/C22H21N5O/c1-15-6-7-17(13-25-15)19-12-21(27-14-26-19)23-10-8-16-4-3-5-18-20(28-2)9-11-24-22(16)18/h3-7,9,11-14H,8,10H2,1-2H3,(H,23,26,27). The van der Waals surface area contributed by atoms with E-state index in [0.29, 0.717) is 0 Å². The zero-order chi connectivity index (χ0) is 19.3. The highest BCUT2D eigenvalue weighted by Gasteiger charge is 2.07. The molecule has 28 heavy (non-hydrogen) atoms. The van der Waals surface area contributed by atoms with Gasteiger partial charge in [0, 0.05) is 41.6 Å². The predicted octanol–water partition coefficient (Wildman–Crippen LogP) is 4.06. The van der Waals surface area contributed by atoms with Crippen LogP contribution >= 0.6 is 0 Å². The third-order valence-electron chi connectivity index (χ3n) is 4.61. The van der Waals surface area contributed by atoms with E-state index >= 15 is 0 Å². The molecule has 6 nitrogen and oxygen atoms in total. The van der Waals surface area contributed by atoms with Gasteiger partial charge in [-0.05, 0) is 43.2 Å². The number of fused-ring (bicyclic) bond motifs is 1. The van der Waals surface area contributed by atoms with Gasteiger partial charge in [0.1, 0.15) is 17.9 Å². The van der Waals surface area contributed by atoms with Crippen LogP contribution in [-0.2, 0) is 6.42 Å². The molecule has 4 aromatic rings. The summed E-state index contributed by atoms with van der Waals surface area (Å²) in [5.74, 6) is 1.63. The van der Waals surface area contributed by atoms with Crippen LogP contribution < -0.4 is 10.1 Å². The van der Waals surface area contributed by atoms with Crippen LogP contribution in [0.25, 0.3) is 22.2 Å². The first-order valence-electron chi connectivity index (χ1n) is 9.14. The minimum atomic E-state index is 0.737. The van der Waals surface area contributed by atoms with Crippen LogP contribution in [0, 0.1) is 6.92 Å². The third-order valence-corrected chi connectivity index (χ3v) is 4.61. The number of aromatic nitrogens is 4. The maximum absolute atomic E-state index is 5.44. The fraction of sp³-hybridized carbons (Fsp3) is 0.182. The molecule has 1 aromatic carbocycles. The molecule has 0 bridgehead atoms. The highest BCUT2D eigenvalue weighted by atomic mass is 16.5. The summed E-state index contributed by atoms with van der Waals surface area (Å²) >= 11 is 0. The van der Waals surface area contributed by atoms with E-state index < -0.39 is 0 Å². The first kappa shape index (κ1) is 17.9. The Kier molecular flexibility index (Phi) is 5.10. The number of ether oxygens (including phenoxy) is 1. The minimum Gasteiger partial charge on any atom is -0.496 e. The highest BCUT2D eigenvalue weighted by molar-refractivity contribution is 5.87. The number of rotatable bonds is 6. The second-order valence-electron chi connectivity index (χ2n) is 6.48. The lowest BCUT2D eigenvalue weighted by atomic mass is 10.1. The number of para-hydroxylation sites is 1. The monoisotopic (exact) mass is 371 g/mol. The molecule has 0 spiro atoms. The van der Waals surface area contributed by atoms with E-state index in [-0.39, 0.29) is 0 Å². The molecule has 0 amide bonds. The average molecular weight is 371 g/mol. The molecule has 140 valence electrons. The summed E-state index contributed by atoms with van der Waals surface area (Å²) in [7, 11) is 1.68. The fourth-order valence-electron chi connectivity index (χ4n) is 3.15. The summed E-state index contributed by atoms with van der Waals surface area (Å²) in [5, 5.41) is 4.40. The molecule has 0 radical (unpaired) electrons. The topological polar surface area (TPSA) is 72.8 Å². The van der Waals surface area contributed by atoms with E-state index in [9.17, 15) is 0 Å². The van der Waals surface area contributed by atoms with Gasteiger partial charge in [0.15, 0.2) is 0 Å². The molecule has 0 saturated heterocycles. The van der Waals surface area contributed by atoms with E-state index in [0.717, 1.165) is 52.4 Å². The third kappa shape index (κ3) is 3.76. The van der Waals surface area contributed by atoms with Crippen molar-refractivity contribution >= 4 is 16.7 Å². The lowest BCUT2D eigenvalue weighted by Gasteiger charge is -2.10. The molecule has 6 heteroatoms. The molecule has 0 saturated carbocycles. The lowest BCUT2D eigenvalue weighted by Crippen LogP contribution is -2.07. The van der Waals surface area contributed by atoms with Gasteiger partial charge in [0.2, 0.25) is 0 Å². The number of nitrogens with one attached hydrogen (secondary N) is 1.